The van der Waals surface area contributed by atoms with Crippen molar-refractivity contribution in [3.8, 4) is 33.7 Å². The molecule has 0 radical (unpaired) electrons. The van der Waals surface area contributed by atoms with Crippen LogP contribution in [-0.4, -0.2) is 4.98 Å². The van der Waals surface area contributed by atoms with E-state index >= 15 is 0 Å². The van der Waals surface area contributed by atoms with E-state index in [0.717, 1.165) is 27.8 Å². The minimum Gasteiger partial charge on any atom is -0.445 e. The van der Waals surface area contributed by atoms with Gasteiger partial charge >= 0.3 is 0 Å². The van der Waals surface area contributed by atoms with Crippen LogP contribution in [-0.2, 0) is 0 Å². The van der Waals surface area contributed by atoms with Gasteiger partial charge in [-0.3, -0.25) is 4.79 Å². The molecule has 0 bridgehead atoms. The zero-order valence-corrected chi connectivity index (χ0v) is 14.3. The summed E-state index contributed by atoms with van der Waals surface area (Å²) in [6, 6.07) is 25.5. The van der Waals surface area contributed by atoms with Gasteiger partial charge in [0.05, 0.1) is 5.56 Å². The lowest BCUT2D eigenvalue weighted by Crippen LogP contribution is -2.10. The minimum atomic E-state index is -0.289. The topological polar surface area (TPSA) is 43.1 Å². The van der Waals surface area contributed by atoms with Gasteiger partial charge < -0.3 is 4.42 Å². The molecule has 26 heavy (non-hydrogen) atoms. The predicted octanol–water partition coefficient (Wildman–Crippen LogP) is 5.34. The van der Waals surface area contributed by atoms with Gasteiger partial charge in [-0.1, -0.05) is 66.7 Å². The van der Waals surface area contributed by atoms with Crippen LogP contribution in [0.25, 0.3) is 33.7 Å². The van der Waals surface area contributed by atoms with E-state index in [0.29, 0.717) is 11.5 Å². The lowest BCUT2D eigenvalue weighted by atomic mass is 9.94. The third-order valence-electron chi connectivity index (χ3n) is 4.45. The molecule has 3 heteroatoms. The average Bonchev–Trinajstić information content (AvgIpc) is 2.70. The quantitative estimate of drug-likeness (QED) is 0.506. The highest BCUT2D eigenvalue weighted by atomic mass is 16.3. The lowest BCUT2D eigenvalue weighted by molar-refractivity contribution is 0.544. The number of benzene rings is 3. The molecule has 0 amide bonds. The fourth-order valence-corrected chi connectivity index (χ4v) is 3.09. The SMILES string of the molecule is Cc1c(-c2ccccc2)cccc1-c1coc(-c2ccccc2)nc1=O. The third kappa shape index (κ3) is 2.95. The van der Waals surface area contributed by atoms with Crippen LogP contribution >= 0.6 is 0 Å². The maximum Gasteiger partial charge on any atom is 0.284 e. The molecule has 0 unspecified atom stereocenters. The molecule has 4 rings (SSSR count). The number of hydrogen-bond acceptors (Lipinski definition) is 3. The Morgan fingerprint density at radius 1 is 0.692 bits per heavy atom. The van der Waals surface area contributed by atoms with Crippen LogP contribution in [0.4, 0.5) is 0 Å². The molecule has 0 aliphatic rings. The molecule has 0 fully saturated rings. The zero-order chi connectivity index (χ0) is 17.9. The normalized spacial score (nSPS) is 10.7. The first kappa shape index (κ1) is 16.0. The molecule has 1 heterocycles. The van der Waals surface area contributed by atoms with Gasteiger partial charge in [-0.05, 0) is 41.3 Å². The molecule has 0 spiro atoms. The van der Waals surface area contributed by atoms with Gasteiger partial charge in [0.15, 0.2) is 0 Å². The van der Waals surface area contributed by atoms with E-state index in [-0.39, 0.29) is 5.56 Å². The van der Waals surface area contributed by atoms with Gasteiger partial charge in [0.1, 0.15) is 6.26 Å². The van der Waals surface area contributed by atoms with Crippen molar-refractivity contribution in [3.63, 3.8) is 0 Å². The molecule has 0 saturated carbocycles. The van der Waals surface area contributed by atoms with Gasteiger partial charge in [-0.25, -0.2) is 0 Å². The Labute approximate surface area is 151 Å². The minimum absolute atomic E-state index is 0.289. The lowest BCUT2D eigenvalue weighted by Gasteiger charge is -2.11. The van der Waals surface area contributed by atoms with Crippen LogP contribution in [0, 0.1) is 6.92 Å². The average molecular weight is 339 g/mol. The summed E-state index contributed by atoms with van der Waals surface area (Å²) >= 11 is 0. The molecule has 3 aromatic carbocycles. The van der Waals surface area contributed by atoms with Gasteiger partial charge in [0, 0.05) is 5.56 Å². The Bertz CT molecular complexity index is 1100. The zero-order valence-electron chi connectivity index (χ0n) is 14.3. The smallest absolute Gasteiger partial charge is 0.284 e. The van der Waals surface area contributed by atoms with E-state index in [1.165, 1.54) is 6.26 Å². The van der Waals surface area contributed by atoms with E-state index in [4.69, 9.17) is 4.42 Å². The predicted molar refractivity (Wildman–Crippen MR) is 104 cm³/mol. The highest BCUT2D eigenvalue weighted by Gasteiger charge is 2.13. The second-order valence-electron chi connectivity index (χ2n) is 6.08. The van der Waals surface area contributed by atoms with Crippen molar-refractivity contribution >= 4 is 0 Å². The third-order valence-corrected chi connectivity index (χ3v) is 4.45. The Kier molecular flexibility index (Phi) is 4.20. The Hall–Kier alpha value is -3.46. The van der Waals surface area contributed by atoms with Crippen LogP contribution in [0.15, 0.2) is 94.3 Å². The molecular formula is C23H17NO2. The molecule has 1 aromatic heterocycles. The first-order chi connectivity index (χ1) is 12.7. The van der Waals surface area contributed by atoms with Crippen LogP contribution in [0.2, 0.25) is 0 Å². The molecule has 0 saturated heterocycles. The summed E-state index contributed by atoms with van der Waals surface area (Å²) in [4.78, 5) is 16.8. The number of rotatable bonds is 3. The summed E-state index contributed by atoms with van der Waals surface area (Å²) < 4.78 is 5.67. The molecule has 0 aliphatic carbocycles. The first-order valence-corrected chi connectivity index (χ1v) is 8.45. The van der Waals surface area contributed by atoms with Gasteiger partial charge in [-0.15, -0.1) is 0 Å². The first-order valence-electron chi connectivity index (χ1n) is 8.45. The van der Waals surface area contributed by atoms with Crippen molar-refractivity contribution < 1.29 is 4.42 Å². The summed E-state index contributed by atoms with van der Waals surface area (Å²) in [6.45, 7) is 2.02. The van der Waals surface area contributed by atoms with Gasteiger partial charge in [0.25, 0.3) is 5.56 Å². The van der Waals surface area contributed by atoms with Crippen molar-refractivity contribution in [2.24, 2.45) is 0 Å². The summed E-state index contributed by atoms with van der Waals surface area (Å²) in [5, 5.41) is 0. The molecule has 3 nitrogen and oxygen atoms in total. The van der Waals surface area contributed by atoms with Crippen LogP contribution < -0.4 is 5.56 Å². The molecule has 126 valence electrons. The molecule has 0 atom stereocenters. The molecule has 0 N–H and O–H groups in total. The fraction of sp³-hybridized carbons (Fsp3) is 0.0435. The summed E-state index contributed by atoms with van der Waals surface area (Å²) in [6.07, 6.45) is 1.51. The van der Waals surface area contributed by atoms with E-state index in [9.17, 15) is 4.79 Å². The Morgan fingerprint density at radius 3 is 1.96 bits per heavy atom. The second kappa shape index (κ2) is 6.81. The number of aromatic nitrogens is 1. The summed E-state index contributed by atoms with van der Waals surface area (Å²) in [7, 11) is 0. The van der Waals surface area contributed by atoms with Crippen molar-refractivity contribution in [1.29, 1.82) is 0 Å². The molecular weight excluding hydrogens is 322 g/mol. The van der Waals surface area contributed by atoms with Crippen molar-refractivity contribution in [3.05, 3.63) is 101 Å². The van der Waals surface area contributed by atoms with Crippen molar-refractivity contribution in [2.45, 2.75) is 6.92 Å². The van der Waals surface area contributed by atoms with E-state index in [1.807, 2.05) is 67.6 Å². The molecule has 4 aromatic rings. The fourth-order valence-electron chi connectivity index (χ4n) is 3.09. The maximum absolute atomic E-state index is 12.6. The standard InChI is InChI=1S/C23H17NO2/c1-16-19(17-9-4-2-5-10-17)13-8-14-20(16)21-15-26-23(24-22(21)25)18-11-6-3-7-12-18/h2-15H,1H3. The highest BCUT2D eigenvalue weighted by molar-refractivity contribution is 5.77. The van der Waals surface area contributed by atoms with E-state index in [1.54, 1.807) is 0 Å². The Morgan fingerprint density at radius 2 is 1.31 bits per heavy atom. The van der Waals surface area contributed by atoms with Gasteiger partial charge in [0.2, 0.25) is 5.89 Å². The Balaban J connectivity index is 1.81. The van der Waals surface area contributed by atoms with Crippen molar-refractivity contribution in [2.75, 3.05) is 0 Å². The van der Waals surface area contributed by atoms with Crippen LogP contribution in [0.3, 0.4) is 0 Å². The number of nitrogens with zero attached hydrogens (tertiary/aromatic N) is 1. The van der Waals surface area contributed by atoms with Crippen molar-refractivity contribution in [1.82, 2.24) is 4.98 Å². The molecule has 0 aliphatic heterocycles. The van der Waals surface area contributed by atoms with Gasteiger partial charge in [-0.2, -0.15) is 4.98 Å². The second-order valence-corrected chi connectivity index (χ2v) is 6.08. The summed E-state index contributed by atoms with van der Waals surface area (Å²) in [5.74, 6) is 0.330. The highest BCUT2D eigenvalue weighted by Crippen LogP contribution is 2.30. The maximum atomic E-state index is 12.6. The van der Waals surface area contributed by atoms with E-state index < -0.39 is 0 Å². The van der Waals surface area contributed by atoms with Crippen LogP contribution in [0.5, 0.6) is 0 Å². The van der Waals surface area contributed by atoms with E-state index in [2.05, 4.69) is 23.2 Å². The summed E-state index contributed by atoms with van der Waals surface area (Å²) in [5.41, 5.74) is 5.04. The largest absolute Gasteiger partial charge is 0.445 e. The monoisotopic (exact) mass is 339 g/mol. The number of hydrogen-bond donors (Lipinski definition) is 0. The van der Waals surface area contributed by atoms with Crippen LogP contribution in [0.1, 0.15) is 5.56 Å².